The molecule has 4 N–H and O–H groups in total. The van der Waals surface area contributed by atoms with Crippen molar-refractivity contribution in [3.8, 4) is 0 Å². The van der Waals surface area contributed by atoms with Crippen LogP contribution in [0.2, 0.25) is 0 Å². The molecule has 0 aliphatic rings. The molecule has 0 saturated heterocycles. The number of carbonyl (C=O) groups is 1. The highest BCUT2D eigenvalue weighted by Gasteiger charge is 2.10. The lowest BCUT2D eigenvalue weighted by molar-refractivity contribution is 0.102. The van der Waals surface area contributed by atoms with Crippen LogP contribution in [0.15, 0.2) is 54.6 Å². The molecule has 0 aliphatic carbocycles. The van der Waals surface area contributed by atoms with Crippen LogP contribution in [0.25, 0.3) is 10.9 Å². The van der Waals surface area contributed by atoms with Crippen molar-refractivity contribution < 1.29 is 13.2 Å². The van der Waals surface area contributed by atoms with Crippen LogP contribution in [0, 0.1) is 0 Å². The number of rotatable bonds is 4. The molecule has 0 bridgehead atoms. The number of H-pyrrole nitrogens is 1. The summed E-state index contributed by atoms with van der Waals surface area (Å²) in [6, 6.07) is 15.9. The Hall–Kier alpha value is -2.64. The maximum Gasteiger partial charge on any atom is 0.272 e. The van der Waals surface area contributed by atoms with Crippen LogP contribution >= 0.6 is 0 Å². The van der Waals surface area contributed by atoms with E-state index in [0.29, 0.717) is 16.9 Å². The molecule has 1 amide bonds. The van der Waals surface area contributed by atoms with Crippen LogP contribution in [-0.2, 0) is 15.8 Å². The number of para-hydroxylation sites is 1. The SMILES string of the molecule is NS(=O)(=O)Cc1ccc(NC(=O)c2cc3ccccc3[nH]2)cc1. The molecule has 0 atom stereocenters. The number of aromatic nitrogens is 1. The van der Waals surface area contributed by atoms with E-state index in [-0.39, 0.29) is 11.7 Å². The fourth-order valence-corrected chi connectivity index (χ4v) is 2.97. The van der Waals surface area contributed by atoms with Crippen molar-refractivity contribution in [1.82, 2.24) is 4.98 Å². The van der Waals surface area contributed by atoms with Gasteiger partial charge in [-0.25, -0.2) is 13.6 Å². The minimum Gasteiger partial charge on any atom is -0.351 e. The molecule has 118 valence electrons. The fourth-order valence-electron chi connectivity index (χ4n) is 2.31. The van der Waals surface area contributed by atoms with Gasteiger partial charge in [0.1, 0.15) is 5.69 Å². The molecule has 3 aromatic rings. The summed E-state index contributed by atoms with van der Waals surface area (Å²) >= 11 is 0. The molecule has 0 spiro atoms. The predicted molar refractivity (Wildman–Crippen MR) is 89.5 cm³/mol. The molecule has 3 rings (SSSR count). The average Bonchev–Trinajstić information content (AvgIpc) is 2.92. The minimum atomic E-state index is -3.56. The van der Waals surface area contributed by atoms with Gasteiger partial charge in [0.2, 0.25) is 10.0 Å². The lowest BCUT2D eigenvalue weighted by atomic mass is 10.2. The first-order valence-electron chi connectivity index (χ1n) is 6.89. The van der Waals surface area contributed by atoms with Gasteiger partial charge < -0.3 is 10.3 Å². The minimum absolute atomic E-state index is 0.233. The summed E-state index contributed by atoms with van der Waals surface area (Å²) in [6.07, 6.45) is 0. The van der Waals surface area contributed by atoms with Gasteiger partial charge >= 0.3 is 0 Å². The molecule has 0 unspecified atom stereocenters. The summed E-state index contributed by atoms with van der Waals surface area (Å²) in [6.45, 7) is 0. The van der Waals surface area contributed by atoms with Crippen molar-refractivity contribution in [3.63, 3.8) is 0 Å². The zero-order valence-corrected chi connectivity index (χ0v) is 12.9. The van der Waals surface area contributed by atoms with Gasteiger partial charge in [-0.15, -0.1) is 0 Å². The third kappa shape index (κ3) is 3.77. The van der Waals surface area contributed by atoms with Crippen LogP contribution in [0.1, 0.15) is 16.1 Å². The van der Waals surface area contributed by atoms with Gasteiger partial charge in [0.15, 0.2) is 0 Å². The van der Waals surface area contributed by atoms with Crippen molar-refractivity contribution >= 4 is 32.5 Å². The van der Waals surface area contributed by atoms with Gasteiger partial charge in [-0.2, -0.15) is 0 Å². The summed E-state index contributed by atoms with van der Waals surface area (Å²) in [7, 11) is -3.56. The first kappa shape index (κ1) is 15.3. The van der Waals surface area contributed by atoms with Gasteiger partial charge in [0, 0.05) is 16.6 Å². The molecule has 0 saturated carbocycles. The number of fused-ring (bicyclic) bond motifs is 1. The molecule has 0 aliphatic heterocycles. The topological polar surface area (TPSA) is 105 Å². The van der Waals surface area contributed by atoms with E-state index in [0.717, 1.165) is 10.9 Å². The summed E-state index contributed by atoms with van der Waals surface area (Å²) in [5.74, 6) is -0.496. The van der Waals surface area contributed by atoms with E-state index in [9.17, 15) is 13.2 Å². The number of carbonyl (C=O) groups excluding carboxylic acids is 1. The molecule has 23 heavy (non-hydrogen) atoms. The maximum atomic E-state index is 12.2. The van der Waals surface area contributed by atoms with Crippen molar-refractivity contribution in [2.45, 2.75) is 5.75 Å². The Morgan fingerprint density at radius 3 is 2.43 bits per heavy atom. The van der Waals surface area contributed by atoms with E-state index in [1.807, 2.05) is 24.3 Å². The fraction of sp³-hybridized carbons (Fsp3) is 0.0625. The predicted octanol–water partition coefficient (Wildman–Crippen LogP) is 2.21. The highest BCUT2D eigenvalue weighted by atomic mass is 32.2. The number of amides is 1. The van der Waals surface area contributed by atoms with E-state index in [4.69, 9.17) is 5.14 Å². The number of aromatic amines is 1. The Kier molecular flexibility index (Phi) is 3.89. The molecule has 2 aromatic carbocycles. The number of nitrogens with two attached hydrogens (primary N) is 1. The second kappa shape index (κ2) is 5.86. The van der Waals surface area contributed by atoms with Gasteiger partial charge in [-0.3, -0.25) is 4.79 Å². The number of primary sulfonamides is 1. The third-order valence-corrected chi connectivity index (χ3v) is 4.09. The second-order valence-electron chi connectivity index (χ2n) is 5.23. The van der Waals surface area contributed by atoms with Crippen LogP contribution in [-0.4, -0.2) is 19.3 Å². The Labute approximate surface area is 133 Å². The first-order valence-corrected chi connectivity index (χ1v) is 8.61. The molecule has 6 nitrogen and oxygen atoms in total. The molecule has 1 heterocycles. The normalized spacial score (nSPS) is 11.5. The van der Waals surface area contributed by atoms with Crippen LogP contribution in [0.5, 0.6) is 0 Å². The zero-order chi connectivity index (χ0) is 16.4. The molecule has 7 heteroatoms. The largest absolute Gasteiger partial charge is 0.351 e. The Balaban J connectivity index is 1.74. The van der Waals surface area contributed by atoms with E-state index < -0.39 is 10.0 Å². The van der Waals surface area contributed by atoms with Gasteiger partial charge in [0.05, 0.1) is 5.75 Å². The number of anilines is 1. The maximum absolute atomic E-state index is 12.2. The Morgan fingerprint density at radius 2 is 1.78 bits per heavy atom. The van der Waals surface area contributed by atoms with Crippen molar-refractivity contribution in [1.29, 1.82) is 0 Å². The van der Waals surface area contributed by atoms with Crippen molar-refractivity contribution in [2.75, 3.05) is 5.32 Å². The quantitative estimate of drug-likeness (QED) is 0.683. The van der Waals surface area contributed by atoms with Gasteiger partial charge in [-0.1, -0.05) is 30.3 Å². The molecule has 1 aromatic heterocycles. The zero-order valence-electron chi connectivity index (χ0n) is 12.1. The van der Waals surface area contributed by atoms with E-state index in [1.54, 1.807) is 30.3 Å². The molecule has 0 fully saturated rings. The lowest BCUT2D eigenvalue weighted by Gasteiger charge is -2.05. The second-order valence-corrected chi connectivity index (χ2v) is 6.84. The third-order valence-electron chi connectivity index (χ3n) is 3.35. The smallest absolute Gasteiger partial charge is 0.272 e. The van der Waals surface area contributed by atoms with Gasteiger partial charge in [-0.05, 0) is 29.8 Å². The number of nitrogens with one attached hydrogen (secondary N) is 2. The molecule has 0 radical (unpaired) electrons. The lowest BCUT2D eigenvalue weighted by Crippen LogP contribution is -2.15. The Morgan fingerprint density at radius 1 is 1.09 bits per heavy atom. The summed E-state index contributed by atoms with van der Waals surface area (Å²) in [4.78, 5) is 15.3. The van der Waals surface area contributed by atoms with E-state index in [2.05, 4.69) is 10.3 Å². The average molecular weight is 329 g/mol. The monoisotopic (exact) mass is 329 g/mol. The van der Waals surface area contributed by atoms with Crippen LogP contribution < -0.4 is 10.5 Å². The highest BCUT2D eigenvalue weighted by Crippen LogP contribution is 2.17. The number of hydrogen-bond acceptors (Lipinski definition) is 3. The summed E-state index contributed by atoms with van der Waals surface area (Å²) in [5.41, 5.74) is 2.49. The standard InChI is InChI=1S/C16H15N3O3S/c17-23(21,22)10-11-5-7-13(8-6-11)18-16(20)15-9-12-3-1-2-4-14(12)19-15/h1-9,19H,10H2,(H,18,20)(H2,17,21,22). The van der Waals surface area contributed by atoms with Crippen molar-refractivity contribution in [3.05, 3.63) is 65.9 Å². The van der Waals surface area contributed by atoms with E-state index >= 15 is 0 Å². The number of hydrogen-bond donors (Lipinski definition) is 3. The van der Waals surface area contributed by atoms with E-state index in [1.165, 1.54) is 0 Å². The summed E-state index contributed by atoms with van der Waals surface area (Å²) < 4.78 is 22.1. The summed E-state index contributed by atoms with van der Waals surface area (Å²) in [5, 5.41) is 8.72. The van der Waals surface area contributed by atoms with Crippen LogP contribution in [0.4, 0.5) is 5.69 Å². The Bertz CT molecular complexity index is 927. The van der Waals surface area contributed by atoms with Gasteiger partial charge in [0.25, 0.3) is 5.91 Å². The highest BCUT2D eigenvalue weighted by molar-refractivity contribution is 7.88. The van der Waals surface area contributed by atoms with Crippen LogP contribution in [0.3, 0.4) is 0 Å². The number of benzene rings is 2. The molecular formula is C16H15N3O3S. The molecular weight excluding hydrogens is 314 g/mol. The van der Waals surface area contributed by atoms with Crippen molar-refractivity contribution in [2.24, 2.45) is 5.14 Å². The first-order chi connectivity index (χ1) is 10.9. The number of sulfonamides is 1.